The van der Waals surface area contributed by atoms with Gasteiger partial charge in [-0.25, -0.2) is 0 Å². The van der Waals surface area contributed by atoms with Gasteiger partial charge >= 0.3 is 0 Å². The molecular formula is C65H44N2. The summed E-state index contributed by atoms with van der Waals surface area (Å²) in [4.78, 5) is 2.43. The first-order valence-corrected chi connectivity index (χ1v) is 23.2. The van der Waals surface area contributed by atoms with E-state index < -0.39 is 0 Å². The molecule has 0 aliphatic carbocycles. The van der Waals surface area contributed by atoms with Gasteiger partial charge in [-0.15, -0.1) is 0 Å². The summed E-state index contributed by atoms with van der Waals surface area (Å²) in [6.07, 6.45) is 0. The van der Waals surface area contributed by atoms with Crippen LogP contribution in [0.1, 0.15) is 22.6 Å². The van der Waals surface area contributed by atoms with E-state index in [9.17, 15) is 0 Å². The van der Waals surface area contributed by atoms with E-state index in [1.165, 1.54) is 81.6 Å². The maximum Gasteiger partial charge on any atom is 0.0625 e. The first-order valence-electron chi connectivity index (χ1n) is 23.2. The molecule has 2 nitrogen and oxygen atoms in total. The molecule has 0 aliphatic rings. The van der Waals surface area contributed by atoms with Crippen LogP contribution in [0.3, 0.4) is 0 Å². The third-order valence-electron chi connectivity index (χ3n) is 13.8. The summed E-state index contributed by atoms with van der Waals surface area (Å²) in [5, 5.41) is 12.4. The molecule has 1 atom stereocenters. The van der Waals surface area contributed by atoms with E-state index in [0.29, 0.717) is 0 Å². The van der Waals surface area contributed by atoms with Gasteiger partial charge in [0.05, 0.1) is 11.0 Å². The molecule has 2 heteroatoms. The highest BCUT2D eigenvalue weighted by Gasteiger charge is 2.24. The van der Waals surface area contributed by atoms with E-state index in [4.69, 9.17) is 0 Å². The van der Waals surface area contributed by atoms with Crippen molar-refractivity contribution in [1.29, 1.82) is 0 Å². The number of fused-ring (bicyclic) bond motifs is 10. The largest absolute Gasteiger partial charge is 0.310 e. The van der Waals surface area contributed by atoms with Crippen LogP contribution in [0.2, 0.25) is 0 Å². The zero-order valence-corrected chi connectivity index (χ0v) is 36.8. The number of benzene rings is 12. The number of nitrogens with zero attached hydrogens (tertiary/aromatic N) is 2. The Balaban J connectivity index is 1.12. The lowest BCUT2D eigenvalue weighted by molar-refractivity contribution is 0.979. The second kappa shape index (κ2) is 16.1. The highest BCUT2D eigenvalue weighted by molar-refractivity contribution is 6.32. The minimum absolute atomic E-state index is 0.0437. The van der Waals surface area contributed by atoms with Gasteiger partial charge in [-0.3, -0.25) is 0 Å². The average molecular weight is 853 g/mol. The van der Waals surface area contributed by atoms with Crippen LogP contribution in [0.25, 0.3) is 81.7 Å². The quantitative estimate of drug-likeness (QED) is 0.109. The van der Waals surface area contributed by atoms with Crippen molar-refractivity contribution in [3.63, 3.8) is 0 Å². The Morgan fingerprint density at radius 2 is 0.881 bits per heavy atom. The van der Waals surface area contributed by atoms with Crippen molar-refractivity contribution in [3.05, 3.63) is 278 Å². The van der Waals surface area contributed by atoms with Crippen molar-refractivity contribution in [2.45, 2.75) is 5.92 Å². The molecule has 12 aromatic carbocycles. The second-order valence-electron chi connectivity index (χ2n) is 17.7. The third-order valence-corrected chi connectivity index (χ3v) is 13.8. The molecule has 1 unspecified atom stereocenters. The summed E-state index contributed by atoms with van der Waals surface area (Å²) in [5.74, 6) is -0.0437. The van der Waals surface area contributed by atoms with Crippen LogP contribution < -0.4 is 4.90 Å². The van der Waals surface area contributed by atoms with Gasteiger partial charge in [0.25, 0.3) is 0 Å². The van der Waals surface area contributed by atoms with Crippen molar-refractivity contribution in [2.24, 2.45) is 0 Å². The molecule has 0 bridgehead atoms. The van der Waals surface area contributed by atoms with Gasteiger partial charge in [-0.2, -0.15) is 0 Å². The minimum atomic E-state index is -0.0437. The first-order chi connectivity index (χ1) is 33.2. The first kappa shape index (κ1) is 38.7. The highest BCUT2D eigenvalue weighted by Crippen LogP contribution is 2.46. The van der Waals surface area contributed by atoms with Gasteiger partial charge in [0.2, 0.25) is 0 Å². The van der Waals surface area contributed by atoms with E-state index in [0.717, 1.165) is 33.9 Å². The lowest BCUT2D eigenvalue weighted by Gasteiger charge is -2.28. The monoisotopic (exact) mass is 852 g/mol. The molecule has 13 aromatic rings. The predicted molar refractivity (Wildman–Crippen MR) is 285 cm³/mol. The predicted octanol–water partition coefficient (Wildman–Crippen LogP) is 17.7. The normalized spacial score (nSPS) is 12.1. The van der Waals surface area contributed by atoms with E-state index in [1.807, 2.05) is 0 Å². The maximum atomic E-state index is 2.48. The van der Waals surface area contributed by atoms with Crippen molar-refractivity contribution in [1.82, 2.24) is 4.57 Å². The molecule has 314 valence electrons. The molecule has 0 amide bonds. The number of anilines is 3. The van der Waals surface area contributed by atoms with Crippen LogP contribution in [0, 0.1) is 0 Å². The van der Waals surface area contributed by atoms with Crippen molar-refractivity contribution >= 4 is 82.0 Å². The molecule has 0 saturated heterocycles. The lowest BCUT2D eigenvalue weighted by Crippen LogP contribution is -2.12. The Kier molecular flexibility index (Phi) is 9.28. The molecule has 0 N–H and O–H groups in total. The summed E-state index contributed by atoms with van der Waals surface area (Å²) >= 11 is 0. The molecule has 1 heterocycles. The van der Waals surface area contributed by atoms with Crippen LogP contribution in [-0.4, -0.2) is 4.57 Å². The van der Waals surface area contributed by atoms with Crippen molar-refractivity contribution in [2.75, 3.05) is 4.90 Å². The highest BCUT2D eigenvalue weighted by atomic mass is 15.1. The maximum absolute atomic E-state index is 2.48. The minimum Gasteiger partial charge on any atom is -0.310 e. The van der Waals surface area contributed by atoms with E-state index in [-0.39, 0.29) is 5.92 Å². The summed E-state index contributed by atoms with van der Waals surface area (Å²) < 4.78 is 2.48. The van der Waals surface area contributed by atoms with Crippen LogP contribution >= 0.6 is 0 Å². The summed E-state index contributed by atoms with van der Waals surface area (Å²) in [6, 6.07) is 96.1. The van der Waals surface area contributed by atoms with E-state index >= 15 is 0 Å². The summed E-state index contributed by atoms with van der Waals surface area (Å²) in [5.41, 5.74) is 12.9. The fraction of sp³-hybridized carbons (Fsp3) is 0.0154. The molecule has 0 aliphatic heterocycles. The van der Waals surface area contributed by atoms with Crippen molar-refractivity contribution < 1.29 is 0 Å². The smallest absolute Gasteiger partial charge is 0.0625 e. The number of hydrogen-bond donors (Lipinski definition) is 0. The Labute approximate surface area is 389 Å². The molecule has 67 heavy (non-hydrogen) atoms. The van der Waals surface area contributed by atoms with Crippen LogP contribution in [-0.2, 0) is 0 Å². The average Bonchev–Trinajstić information content (AvgIpc) is 3.75. The molecule has 13 rings (SSSR count). The summed E-state index contributed by atoms with van der Waals surface area (Å²) in [6.45, 7) is 0. The van der Waals surface area contributed by atoms with E-state index in [1.54, 1.807) is 0 Å². The lowest BCUT2D eigenvalue weighted by atomic mass is 9.83. The zero-order valence-electron chi connectivity index (χ0n) is 36.8. The van der Waals surface area contributed by atoms with Gasteiger partial charge in [-0.1, -0.05) is 200 Å². The second-order valence-corrected chi connectivity index (χ2v) is 17.7. The Morgan fingerprint density at radius 1 is 0.299 bits per heavy atom. The zero-order chi connectivity index (χ0) is 44.3. The number of rotatable bonds is 8. The Morgan fingerprint density at radius 3 is 1.61 bits per heavy atom. The fourth-order valence-electron chi connectivity index (χ4n) is 10.8. The molecule has 0 fully saturated rings. The standard InChI is InChI=1S/C65H44N2/c1-4-20-46(21-5-1)63(50-33-32-44-18-10-12-22-47(44)38-50)52-39-51(41-56(42-52)66(53-24-6-2-7-25-53)55-36-34-45-19-11-13-23-48(45)40-55)49-35-37-62-61(43-49)64-59-30-16-14-28-57(59)58-29-15-17-31-60(58)65(64)67(62)54-26-8-3-9-27-54/h1-43,63H. The van der Waals surface area contributed by atoms with Crippen LogP contribution in [0.5, 0.6) is 0 Å². The molecule has 0 radical (unpaired) electrons. The third kappa shape index (κ3) is 6.65. The van der Waals surface area contributed by atoms with Gasteiger partial charge in [-0.05, 0) is 126 Å². The van der Waals surface area contributed by atoms with Gasteiger partial charge in [0.15, 0.2) is 0 Å². The Hall–Kier alpha value is -8.72. The Bertz CT molecular complexity index is 3840. The van der Waals surface area contributed by atoms with Gasteiger partial charge < -0.3 is 9.47 Å². The van der Waals surface area contributed by atoms with Crippen LogP contribution in [0.4, 0.5) is 17.1 Å². The molecule has 1 aromatic heterocycles. The van der Waals surface area contributed by atoms with Gasteiger partial charge in [0, 0.05) is 44.8 Å². The van der Waals surface area contributed by atoms with Crippen LogP contribution in [0.15, 0.2) is 261 Å². The number of para-hydroxylation sites is 2. The summed E-state index contributed by atoms with van der Waals surface area (Å²) in [7, 11) is 0. The molecular weight excluding hydrogens is 809 g/mol. The topological polar surface area (TPSA) is 8.17 Å². The van der Waals surface area contributed by atoms with Crippen molar-refractivity contribution in [3.8, 4) is 16.8 Å². The van der Waals surface area contributed by atoms with E-state index in [2.05, 4.69) is 270 Å². The molecule has 0 spiro atoms. The number of hydrogen-bond acceptors (Lipinski definition) is 1. The molecule has 0 saturated carbocycles. The SMILES string of the molecule is c1ccc(C(c2cc(-c3ccc4c(c3)c3c5ccccc5c5ccccc5c3n4-c3ccccc3)cc(N(c3ccccc3)c3ccc4ccccc4c3)c2)c2ccc3ccccc3c2)cc1. The fourth-order valence-corrected chi connectivity index (χ4v) is 10.8. The van der Waals surface area contributed by atoms with Gasteiger partial charge in [0.1, 0.15) is 0 Å². The number of aromatic nitrogens is 1.